The van der Waals surface area contributed by atoms with Gasteiger partial charge >= 0.3 is 119 Å². The van der Waals surface area contributed by atoms with E-state index in [1.54, 1.807) is 24.6 Å². The summed E-state index contributed by atoms with van der Waals surface area (Å²) in [5, 5.41) is 0. The standard InChI is InChI=1S/C16H37P.C8H19O4P/c1-5-9-13-17(14-10-6-2,15-11-7-3)16-12-8-4;1-2-3-4-5-6-7-8-12-13(9,10)11/h17H,5-16H2,1-4H3;2-8H2,1H3,(H2,9,10,11). The summed E-state index contributed by atoms with van der Waals surface area (Å²) in [6, 6.07) is 0. The fraction of sp³-hybridized carbons (Fsp3) is 1.00. The fourth-order valence-corrected chi connectivity index (χ4v) is 10.3. The zero-order valence-electron chi connectivity index (χ0n) is 21.1. The molecule has 0 radical (unpaired) electrons. The Labute approximate surface area is 189 Å². The SMILES string of the molecule is CCCCCCCCOP(=O)(O)O.CCCC[PH](CCCC)(CCCC)CCCC. The molecule has 2 N–H and O–H groups in total. The monoisotopic (exact) mass is 470 g/mol. The number of hydrogen-bond acceptors (Lipinski definition) is 2. The van der Waals surface area contributed by atoms with Gasteiger partial charge in [-0.15, -0.1) is 0 Å². The van der Waals surface area contributed by atoms with Gasteiger partial charge in [0, 0.05) is 0 Å². The third kappa shape index (κ3) is 23.2. The van der Waals surface area contributed by atoms with Crippen LogP contribution in [0.5, 0.6) is 0 Å². The van der Waals surface area contributed by atoms with Crippen LogP contribution in [-0.4, -0.2) is 41.0 Å². The average molecular weight is 471 g/mol. The van der Waals surface area contributed by atoms with Crippen molar-refractivity contribution >= 4 is 15.1 Å². The molecule has 0 saturated carbocycles. The molecular weight excluding hydrogens is 414 g/mol. The van der Waals surface area contributed by atoms with Crippen molar-refractivity contribution in [3.8, 4) is 0 Å². The summed E-state index contributed by atoms with van der Waals surface area (Å²) < 4.78 is 14.5. The van der Waals surface area contributed by atoms with Gasteiger partial charge in [0.1, 0.15) is 0 Å². The molecule has 4 nitrogen and oxygen atoms in total. The molecular formula is C24H56O4P2. The molecule has 6 heteroatoms. The van der Waals surface area contributed by atoms with Crippen LogP contribution in [0.15, 0.2) is 0 Å². The molecule has 0 aromatic rings. The van der Waals surface area contributed by atoms with Gasteiger partial charge in [-0.1, -0.05) is 39.0 Å². The van der Waals surface area contributed by atoms with Crippen molar-refractivity contribution in [2.45, 2.75) is 125 Å². The Hall–Kier alpha value is 0.540. The molecule has 186 valence electrons. The Bertz CT molecular complexity index is 348. The summed E-state index contributed by atoms with van der Waals surface area (Å²) in [6.45, 7) is 11.8. The van der Waals surface area contributed by atoms with Gasteiger partial charge in [-0.25, -0.2) is 4.57 Å². The third-order valence-corrected chi connectivity index (χ3v) is 12.2. The third-order valence-electron chi connectivity index (χ3n) is 6.00. The van der Waals surface area contributed by atoms with E-state index >= 15 is 0 Å². The Morgan fingerprint density at radius 1 is 0.567 bits per heavy atom. The van der Waals surface area contributed by atoms with E-state index in [9.17, 15) is 4.57 Å². The van der Waals surface area contributed by atoms with Crippen LogP contribution in [0.25, 0.3) is 0 Å². The number of unbranched alkanes of at least 4 members (excludes halogenated alkanes) is 9. The van der Waals surface area contributed by atoms with Crippen LogP contribution in [-0.2, 0) is 9.09 Å². The van der Waals surface area contributed by atoms with Gasteiger partial charge in [0.2, 0.25) is 0 Å². The van der Waals surface area contributed by atoms with Crippen molar-refractivity contribution in [3.05, 3.63) is 0 Å². The Morgan fingerprint density at radius 2 is 0.900 bits per heavy atom. The fourth-order valence-electron chi connectivity index (χ4n) is 4.02. The number of phosphoric acid groups is 1. The number of rotatable bonds is 20. The molecule has 0 amide bonds. The van der Waals surface area contributed by atoms with E-state index in [2.05, 4.69) is 39.1 Å². The first-order valence-corrected chi connectivity index (χ1v) is 17.4. The van der Waals surface area contributed by atoms with E-state index in [-0.39, 0.29) is 6.61 Å². The maximum atomic E-state index is 10.2. The van der Waals surface area contributed by atoms with E-state index in [1.165, 1.54) is 70.6 Å². The normalized spacial score (nSPS) is 12.5. The second-order valence-corrected chi connectivity index (χ2v) is 15.2. The van der Waals surface area contributed by atoms with Crippen LogP contribution in [0.2, 0.25) is 0 Å². The van der Waals surface area contributed by atoms with E-state index in [0.717, 1.165) is 19.3 Å². The first-order valence-electron chi connectivity index (χ1n) is 13.0. The van der Waals surface area contributed by atoms with E-state index in [1.807, 2.05) is 0 Å². The minimum absolute atomic E-state index is 0.163. The molecule has 0 fully saturated rings. The molecule has 0 aromatic carbocycles. The molecule has 0 bridgehead atoms. The molecule has 0 unspecified atom stereocenters. The maximum absolute atomic E-state index is 10.2. The predicted molar refractivity (Wildman–Crippen MR) is 139 cm³/mol. The van der Waals surface area contributed by atoms with Crippen LogP contribution in [0.3, 0.4) is 0 Å². The first-order chi connectivity index (χ1) is 14.3. The summed E-state index contributed by atoms with van der Waals surface area (Å²) >= 11 is 0. The Balaban J connectivity index is 0. The van der Waals surface area contributed by atoms with E-state index in [0.29, 0.717) is 0 Å². The first kappa shape index (κ1) is 32.7. The van der Waals surface area contributed by atoms with E-state index < -0.39 is 15.1 Å². The van der Waals surface area contributed by atoms with Gasteiger partial charge < -0.3 is 9.79 Å². The molecule has 0 rings (SSSR count). The van der Waals surface area contributed by atoms with Crippen LogP contribution in [0.1, 0.15) is 125 Å². The van der Waals surface area contributed by atoms with E-state index in [4.69, 9.17) is 9.79 Å². The summed E-state index contributed by atoms with van der Waals surface area (Å²) in [5.74, 6) is 0. The molecule has 0 atom stereocenters. The predicted octanol–water partition coefficient (Wildman–Crippen LogP) is 8.39. The minimum atomic E-state index is -4.23. The van der Waals surface area contributed by atoms with Gasteiger partial charge in [0.15, 0.2) is 0 Å². The molecule has 0 heterocycles. The van der Waals surface area contributed by atoms with Crippen molar-refractivity contribution in [1.29, 1.82) is 0 Å². The molecule has 0 aromatic heterocycles. The molecule has 0 aliphatic rings. The van der Waals surface area contributed by atoms with Crippen LogP contribution >= 0.6 is 15.1 Å². The van der Waals surface area contributed by atoms with Gasteiger partial charge in [-0.3, -0.25) is 4.52 Å². The van der Waals surface area contributed by atoms with Crippen molar-refractivity contribution in [2.75, 3.05) is 31.3 Å². The summed E-state index contributed by atoms with van der Waals surface area (Å²) in [6.07, 6.45) is 24.6. The second-order valence-electron chi connectivity index (χ2n) is 9.01. The van der Waals surface area contributed by atoms with Gasteiger partial charge in [-0.2, -0.15) is 0 Å². The zero-order chi connectivity index (χ0) is 23.1. The van der Waals surface area contributed by atoms with Gasteiger partial charge in [0.05, 0.1) is 6.61 Å². The zero-order valence-corrected chi connectivity index (χ0v) is 23.0. The summed E-state index contributed by atoms with van der Waals surface area (Å²) in [7, 11) is -5.11. The summed E-state index contributed by atoms with van der Waals surface area (Å²) in [5.41, 5.74) is 0. The molecule has 0 saturated heterocycles. The Morgan fingerprint density at radius 3 is 1.23 bits per heavy atom. The second kappa shape index (κ2) is 22.7. The number of phosphoric ester groups is 1. The van der Waals surface area contributed by atoms with Gasteiger partial charge in [-0.05, 0) is 6.42 Å². The van der Waals surface area contributed by atoms with Crippen molar-refractivity contribution < 1.29 is 18.9 Å². The topological polar surface area (TPSA) is 66.8 Å². The van der Waals surface area contributed by atoms with Crippen molar-refractivity contribution in [1.82, 2.24) is 0 Å². The molecule has 0 spiro atoms. The molecule has 0 aliphatic heterocycles. The van der Waals surface area contributed by atoms with Gasteiger partial charge in [0.25, 0.3) is 0 Å². The van der Waals surface area contributed by atoms with Crippen LogP contribution in [0, 0.1) is 0 Å². The van der Waals surface area contributed by atoms with Crippen molar-refractivity contribution in [3.63, 3.8) is 0 Å². The van der Waals surface area contributed by atoms with Crippen LogP contribution in [0.4, 0.5) is 0 Å². The molecule has 0 aliphatic carbocycles. The average Bonchev–Trinajstić information content (AvgIpc) is 2.72. The number of hydrogen-bond donors (Lipinski definition) is 2. The summed E-state index contributed by atoms with van der Waals surface area (Å²) in [4.78, 5) is 16.7. The van der Waals surface area contributed by atoms with Crippen LogP contribution < -0.4 is 0 Å². The van der Waals surface area contributed by atoms with Crippen molar-refractivity contribution in [2.24, 2.45) is 0 Å². The Kier molecular flexibility index (Phi) is 24.8. The quantitative estimate of drug-likeness (QED) is 0.138. The molecule has 30 heavy (non-hydrogen) atoms.